The largest absolute Gasteiger partial charge is 0.254 e. The summed E-state index contributed by atoms with van der Waals surface area (Å²) in [6, 6.07) is 54.5. The molecule has 7 aromatic carbocycles. The van der Waals surface area contributed by atoms with Crippen LogP contribution < -0.4 is 0 Å². The summed E-state index contributed by atoms with van der Waals surface area (Å²) in [5, 5.41) is 9.73. The fraction of sp³-hybridized carbons (Fsp3) is 0. The summed E-state index contributed by atoms with van der Waals surface area (Å²) < 4.78 is 0. The maximum absolute atomic E-state index is 5.13. The SMILES string of the molecule is c1ccc(-c2cccc(-c3ccc4c5ccc(-c6ccc7ccc8cccnc8c7n6)cc5c5ccccc5c4c3)c2)cc1. The van der Waals surface area contributed by atoms with E-state index in [0.717, 1.165) is 33.1 Å². The van der Waals surface area contributed by atoms with Crippen molar-refractivity contribution in [1.82, 2.24) is 9.97 Å². The summed E-state index contributed by atoms with van der Waals surface area (Å²) in [5.41, 5.74) is 8.83. The minimum atomic E-state index is 0.938. The van der Waals surface area contributed by atoms with E-state index in [2.05, 4.69) is 151 Å². The summed E-state index contributed by atoms with van der Waals surface area (Å²) in [6.45, 7) is 0. The quantitative estimate of drug-likeness (QED) is 0.202. The predicted molar refractivity (Wildman–Crippen MR) is 186 cm³/mol. The average Bonchev–Trinajstić information content (AvgIpc) is 3.11. The van der Waals surface area contributed by atoms with E-state index in [1.807, 2.05) is 12.3 Å². The van der Waals surface area contributed by atoms with E-state index in [-0.39, 0.29) is 0 Å². The highest BCUT2D eigenvalue weighted by atomic mass is 14.7. The molecular formula is C42H26N2. The molecular weight excluding hydrogens is 532 g/mol. The molecule has 0 radical (unpaired) electrons. The molecule has 0 atom stereocenters. The van der Waals surface area contributed by atoms with Crippen LogP contribution >= 0.6 is 0 Å². The third-order valence-corrected chi connectivity index (χ3v) is 8.87. The van der Waals surface area contributed by atoms with Gasteiger partial charge in [-0.1, -0.05) is 121 Å². The van der Waals surface area contributed by atoms with Crippen LogP contribution in [-0.4, -0.2) is 9.97 Å². The van der Waals surface area contributed by atoms with Gasteiger partial charge in [0.15, 0.2) is 0 Å². The first-order valence-electron chi connectivity index (χ1n) is 15.0. The molecule has 9 aromatic rings. The summed E-state index contributed by atoms with van der Waals surface area (Å²) in [6.07, 6.45) is 1.84. The van der Waals surface area contributed by atoms with Gasteiger partial charge in [-0.3, -0.25) is 4.98 Å². The third-order valence-electron chi connectivity index (χ3n) is 8.87. The Hall–Kier alpha value is -5.86. The Bertz CT molecular complexity index is 2530. The highest BCUT2D eigenvalue weighted by molar-refractivity contribution is 6.26. The van der Waals surface area contributed by atoms with Crippen LogP contribution in [0.15, 0.2) is 158 Å². The maximum Gasteiger partial charge on any atom is 0.0972 e. The standard InChI is InChI=1S/C42H26N2/c1-2-8-27(9-3-1)30-10-6-11-31(24-30)32-17-20-36-37-21-18-33(26-39(37)35-14-5-4-13-34(35)38(36)25-32)40-22-19-29-16-15-28-12-7-23-43-41(28)42(29)44-40/h1-26H. The molecule has 0 aliphatic carbocycles. The number of hydrogen-bond acceptors (Lipinski definition) is 2. The first kappa shape index (κ1) is 24.7. The van der Waals surface area contributed by atoms with Crippen molar-refractivity contribution in [3.63, 3.8) is 0 Å². The Morgan fingerprint density at radius 1 is 0.318 bits per heavy atom. The monoisotopic (exact) mass is 558 g/mol. The normalized spacial score (nSPS) is 11.6. The molecule has 44 heavy (non-hydrogen) atoms. The van der Waals surface area contributed by atoms with Crippen molar-refractivity contribution in [1.29, 1.82) is 0 Å². The molecule has 0 fully saturated rings. The molecule has 2 nitrogen and oxygen atoms in total. The fourth-order valence-corrected chi connectivity index (χ4v) is 6.69. The van der Waals surface area contributed by atoms with Gasteiger partial charge in [-0.2, -0.15) is 0 Å². The lowest BCUT2D eigenvalue weighted by Gasteiger charge is -2.14. The zero-order chi connectivity index (χ0) is 29.0. The second-order valence-electron chi connectivity index (χ2n) is 11.4. The van der Waals surface area contributed by atoms with Crippen molar-refractivity contribution in [2.24, 2.45) is 0 Å². The van der Waals surface area contributed by atoms with Gasteiger partial charge in [-0.05, 0) is 84.9 Å². The first-order valence-corrected chi connectivity index (χ1v) is 15.0. The molecule has 2 heteroatoms. The fourth-order valence-electron chi connectivity index (χ4n) is 6.69. The summed E-state index contributed by atoms with van der Waals surface area (Å²) in [5.74, 6) is 0. The van der Waals surface area contributed by atoms with Crippen LogP contribution in [0, 0.1) is 0 Å². The number of nitrogens with zero attached hydrogens (tertiary/aromatic N) is 2. The van der Waals surface area contributed by atoms with E-state index in [4.69, 9.17) is 4.98 Å². The number of benzene rings is 7. The van der Waals surface area contributed by atoms with Crippen molar-refractivity contribution in [2.45, 2.75) is 0 Å². The van der Waals surface area contributed by atoms with Crippen LogP contribution in [0.1, 0.15) is 0 Å². The average molecular weight is 559 g/mol. The maximum atomic E-state index is 5.13. The van der Waals surface area contributed by atoms with Crippen LogP contribution in [0.3, 0.4) is 0 Å². The molecule has 0 bridgehead atoms. The Labute approximate surface area is 254 Å². The molecule has 204 valence electrons. The van der Waals surface area contributed by atoms with Crippen LogP contribution in [-0.2, 0) is 0 Å². The van der Waals surface area contributed by atoms with E-state index < -0.39 is 0 Å². The topological polar surface area (TPSA) is 25.8 Å². The number of hydrogen-bond donors (Lipinski definition) is 0. The van der Waals surface area contributed by atoms with Gasteiger partial charge in [0.1, 0.15) is 0 Å². The van der Waals surface area contributed by atoms with Gasteiger partial charge in [-0.25, -0.2) is 4.98 Å². The molecule has 0 saturated heterocycles. The van der Waals surface area contributed by atoms with E-state index in [1.165, 1.54) is 54.6 Å². The summed E-state index contributed by atoms with van der Waals surface area (Å²) >= 11 is 0. The third kappa shape index (κ3) is 3.96. The Morgan fingerprint density at radius 2 is 0.886 bits per heavy atom. The minimum absolute atomic E-state index is 0.938. The molecule has 0 aliphatic rings. The molecule has 2 aromatic heterocycles. The highest BCUT2D eigenvalue weighted by Gasteiger charge is 2.13. The van der Waals surface area contributed by atoms with Crippen LogP contribution in [0.5, 0.6) is 0 Å². The lowest BCUT2D eigenvalue weighted by molar-refractivity contribution is 1.37. The Balaban J connectivity index is 1.22. The first-order chi connectivity index (χ1) is 21.8. The van der Waals surface area contributed by atoms with Gasteiger partial charge < -0.3 is 0 Å². The van der Waals surface area contributed by atoms with Crippen molar-refractivity contribution >= 4 is 54.1 Å². The Morgan fingerprint density at radius 3 is 1.66 bits per heavy atom. The van der Waals surface area contributed by atoms with E-state index in [1.54, 1.807) is 0 Å². The van der Waals surface area contributed by atoms with Crippen molar-refractivity contribution < 1.29 is 0 Å². The van der Waals surface area contributed by atoms with Crippen molar-refractivity contribution in [3.05, 3.63) is 158 Å². The molecule has 0 N–H and O–H groups in total. The number of aromatic nitrogens is 2. The van der Waals surface area contributed by atoms with E-state index >= 15 is 0 Å². The van der Waals surface area contributed by atoms with Gasteiger partial charge in [-0.15, -0.1) is 0 Å². The molecule has 2 heterocycles. The van der Waals surface area contributed by atoms with Gasteiger partial charge >= 0.3 is 0 Å². The lowest BCUT2D eigenvalue weighted by atomic mass is 9.90. The highest BCUT2D eigenvalue weighted by Crippen LogP contribution is 2.39. The van der Waals surface area contributed by atoms with E-state index in [9.17, 15) is 0 Å². The summed E-state index contributed by atoms with van der Waals surface area (Å²) in [7, 11) is 0. The molecule has 0 amide bonds. The van der Waals surface area contributed by atoms with Crippen LogP contribution in [0.2, 0.25) is 0 Å². The van der Waals surface area contributed by atoms with Gasteiger partial charge in [0.05, 0.1) is 16.7 Å². The second kappa shape index (κ2) is 9.86. The lowest BCUT2D eigenvalue weighted by Crippen LogP contribution is -1.90. The van der Waals surface area contributed by atoms with E-state index in [0.29, 0.717) is 0 Å². The molecule has 0 saturated carbocycles. The zero-order valence-electron chi connectivity index (χ0n) is 23.9. The number of fused-ring (bicyclic) bond motifs is 9. The smallest absolute Gasteiger partial charge is 0.0972 e. The predicted octanol–water partition coefficient (Wildman–Crippen LogP) is 11.2. The van der Waals surface area contributed by atoms with Gasteiger partial charge in [0.2, 0.25) is 0 Å². The number of pyridine rings is 2. The van der Waals surface area contributed by atoms with Crippen molar-refractivity contribution in [3.8, 4) is 33.5 Å². The molecule has 0 spiro atoms. The Kier molecular flexibility index (Phi) is 5.54. The van der Waals surface area contributed by atoms with Gasteiger partial charge in [0, 0.05) is 22.5 Å². The second-order valence-corrected chi connectivity index (χ2v) is 11.4. The van der Waals surface area contributed by atoms with Gasteiger partial charge in [0.25, 0.3) is 0 Å². The number of rotatable bonds is 3. The van der Waals surface area contributed by atoms with Crippen LogP contribution in [0.25, 0.3) is 87.6 Å². The zero-order valence-corrected chi connectivity index (χ0v) is 23.9. The molecule has 9 rings (SSSR count). The minimum Gasteiger partial charge on any atom is -0.254 e. The van der Waals surface area contributed by atoms with Crippen molar-refractivity contribution in [2.75, 3.05) is 0 Å². The molecule has 0 unspecified atom stereocenters. The molecule has 0 aliphatic heterocycles. The summed E-state index contributed by atoms with van der Waals surface area (Å²) in [4.78, 5) is 9.79. The van der Waals surface area contributed by atoms with Crippen LogP contribution in [0.4, 0.5) is 0 Å².